The van der Waals surface area contributed by atoms with Crippen molar-refractivity contribution in [3.05, 3.63) is 118 Å². The van der Waals surface area contributed by atoms with Gasteiger partial charge in [-0.1, -0.05) is 53.8 Å². The fraction of sp³-hybridized carbons (Fsp3) is 0.216. The van der Waals surface area contributed by atoms with Gasteiger partial charge >= 0.3 is 5.91 Å². The maximum Gasteiger partial charge on any atom is 0.301 e. The standard InChI is InChI=1S/C37H32N2O6S/c1-4-43-30-19-24(11-15-29(30)44-20-23-8-6-5-7-9-23)33-32(34(40)25-12-14-28-26(18-25)17-22(3)45-28)35(41)36(42)39(33)37-38-27-13-10-21(2)16-31(27)46-37/h5-16,18-19,22,33,40H,4,17,20H2,1-3H3/b34-32+. The highest BCUT2D eigenvalue weighted by atomic mass is 32.1. The molecule has 2 atom stereocenters. The Bertz CT molecular complexity index is 2020. The normalized spacial score (nSPS) is 18.5. The molecule has 0 bridgehead atoms. The van der Waals surface area contributed by atoms with Crippen LogP contribution in [-0.2, 0) is 22.6 Å². The number of fused-ring (bicyclic) bond motifs is 2. The van der Waals surface area contributed by atoms with E-state index in [0.29, 0.717) is 47.4 Å². The predicted molar refractivity (Wildman–Crippen MR) is 178 cm³/mol. The van der Waals surface area contributed by atoms with Gasteiger partial charge in [-0.3, -0.25) is 14.5 Å². The maximum absolute atomic E-state index is 13.9. The number of rotatable bonds is 8. The number of carbonyl (C=O) groups excluding carboxylic acids is 2. The number of hydrogen-bond acceptors (Lipinski definition) is 8. The number of amides is 1. The number of benzene rings is 4. The van der Waals surface area contributed by atoms with Gasteiger partial charge in [0, 0.05) is 12.0 Å². The van der Waals surface area contributed by atoms with Gasteiger partial charge in [0.2, 0.25) is 0 Å². The van der Waals surface area contributed by atoms with Crippen LogP contribution in [0, 0.1) is 6.92 Å². The van der Waals surface area contributed by atoms with Crippen LogP contribution in [0.1, 0.15) is 47.7 Å². The number of hydrogen-bond donors (Lipinski definition) is 1. The van der Waals surface area contributed by atoms with Crippen molar-refractivity contribution in [1.82, 2.24) is 4.98 Å². The Labute approximate surface area is 270 Å². The third-order valence-corrected chi connectivity index (χ3v) is 9.19. The topological polar surface area (TPSA) is 98.2 Å². The van der Waals surface area contributed by atoms with Gasteiger partial charge in [0.1, 0.15) is 24.2 Å². The monoisotopic (exact) mass is 632 g/mol. The molecule has 2 aliphatic heterocycles. The van der Waals surface area contributed by atoms with Crippen LogP contribution in [0.15, 0.2) is 90.5 Å². The first kappa shape index (κ1) is 29.6. The van der Waals surface area contributed by atoms with Gasteiger partial charge in [-0.05, 0) is 85.5 Å². The number of anilines is 1. The molecule has 1 N–H and O–H groups in total. The first-order chi connectivity index (χ1) is 22.3. The van der Waals surface area contributed by atoms with Crippen molar-refractivity contribution in [1.29, 1.82) is 0 Å². The number of thiazole rings is 1. The number of ether oxygens (including phenoxy) is 3. The highest BCUT2D eigenvalue weighted by Gasteiger charge is 2.48. The van der Waals surface area contributed by atoms with Gasteiger partial charge in [0.05, 0.1) is 28.4 Å². The molecule has 4 aromatic carbocycles. The molecule has 1 saturated heterocycles. The fourth-order valence-electron chi connectivity index (χ4n) is 6.01. The van der Waals surface area contributed by atoms with E-state index in [2.05, 4.69) is 0 Å². The number of ketones is 1. The third kappa shape index (κ3) is 5.37. The maximum atomic E-state index is 13.9. The zero-order valence-corrected chi connectivity index (χ0v) is 26.5. The lowest BCUT2D eigenvalue weighted by Crippen LogP contribution is -2.29. The summed E-state index contributed by atoms with van der Waals surface area (Å²) < 4.78 is 18.9. The third-order valence-electron chi connectivity index (χ3n) is 8.17. The Morgan fingerprint density at radius 1 is 1.00 bits per heavy atom. The van der Waals surface area contributed by atoms with Crippen molar-refractivity contribution in [3.63, 3.8) is 0 Å². The molecule has 232 valence electrons. The molecule has 3 heterocycles. The lowest BCUT2D eigenvalue weighted by Gasteiger charge is -2.24. The molecular weight excluding hydrogens is 600 g/mol. The summed E-state index contributed by atoms with van der Waals surface area (Å²) in [6, 6.07) is 25.4. The summed E-state index contributed by atoms with van der Waals surface area (Å²) in [7, 11) is 0. The molecule has 1 fully saturated rings. The summed E-state index contributed by atoms with van der Waals surface area (Å²) in [4.78, 5) is 33.9. The summed E-state index contributed by atoms with van der Waals surface area (Å²) in [5.41, 5.74) is 4.71. The number of aliphatic hydroxyl groups is 1. The van der Waals surface area contributed by atoms with Gasteiger partial charge in [-0.15, -0.1) is 0 Å². The molecule has 2 aliphatic rings. The van der Waals surface area contributed by atoms with E-state index < -0.39 is 17.7 Å². The van der Waals surface area contributed by atoms with Crippen molar-refractivity contribution in [2.45, 2.75) is 45.9 Å². The van der Waals surface area contributed by atoms with Crippen LogP contribution < -0.4 is 19.1 Å². The molecule has 0 saturated carbocycles. The molecule has 9 heteroatoms. The molecule has 0 aliphatic carbocycles. The minimum Gasteiger partial charge on any atom is -0.507 e. The van der Waals surface area contributed by atoms with E-state index in [9.17, 15) is 14.7 Å². The van der Waals surface area contributed by atoms with Crippen molar-refractivity contribution in [2.24, 2.45) is 0 Å². The second-order valence-corrected chi connectivity index (χ2v) is 12.5. The van der Waals surface area contributed by atoms with Crippen LogP contribution in [0.2, 0.25) is 0 Å². The molecule has 0 radical (unpaired) electrons. The molecule has 2 unspecified atom stereocenters. The fourth-order valence-corrected chi connectivity index (χ4v) is 7.10. The first-order valence-corrected chi connectivity index (χ1v) is 16.0. The highest BCUT2D eigenvalue weighted by molar-refractivity contribution is 7.22. The Balaban J connectivity index is 1.36. The van der Waals surface area contributed by atoms with Gasteiger partial charge in [0.25, 0.3) is 5.78 Å². The Kier molecular flexibility index (Phi) is 7.70. The average Bonchev–Trinajstić information content (AvgIpc) is 3.72. The second kappa shape index (κ2) is 12.0. The van der Waals surface area contributed by atoms with Crippen molar-refractivity contribution >= 4 is 44.1 Å². The number of carbonyl (C=O) groups is 2. The van der Waals surface area contributed by atoms with Crippen molar-refractivity contribution in [2.75, 3.05) is 11.5 Å². The summed E-state index contributed by atoms with van der Waals surface area (Å²) in [6.07, 6.45) is 0.696. The van der Waals surface area contributed by atoms with E-state index in [0.717, 1.165) is 32.7 Å². The smallest absolute Gasteiger partial charge is 0.301 e. The number of nitrogens with zero attached hydrogens (tertiary/aromatic N) is 2. The van der Waals surface area contributed by atoms with Crippen LogP contribution >= 0.6 is 11.3 Å². The average molecular weight is 633 g/mol. The molecule has 7 rings (SSSR count). The van der Waals surface area contributed by atoms with E-state index in [4.69, 9.17) is 19.2 Å². The number of Topliss-reactive ketones (excluding diaryl/α,β-unsaturated/α-hetero) is 1. The minimum atomic E-state index is -0.965. The number of aromatic nitrogens is 1. The molecule has 8 nitrogen and oxygen atoms in total. The minimum absolute atomic E-state index is 0.0141. The molecular formula is C37H32N2O6S. The lowest BCUT2D eigenvalue weighted by molar-refractivity contribution is -0.132. The zero-order valence-electron chi connectivity index (χ0n) is 25.7. The van der Waals surface area contributed by atoms with Gasteiger partial charge < -0.3 is 19.3 Å². The Morgan fingerprint density at radius 3 is 2.63 bits per heavy atom. The predicted octanol–water partition coefficient (Wildman–Crippen LogP) is 7.53. The van der Waals surface area contributed by atoms with Crippen LogP contribution in [0.3, 0.4) is 0 Å². The largest absolute Gasteiger partial charge is 0.507 e. The first-order valence-electron chi connectivity index (χ1n) is 15.2. The van der Waals surface area contributed by atoms with E-state index in [-0.39, 0.29) is 17.4 Å². The van der Waals surface area contributed by atoms with Gasteiger partial charge in [-0.25, -0.2) is 4.98 Å². The highest BCUT2D eigenvalue weighted by Crippen LogP contribution is 2.46. The van der Waals surface area contributed by atoms with E-state index in [1.54, 1.807) is 30.3 Å². The second-order valence-electron chi connectivity index (χ2n) is 11.5. The van der Waals surface area contributed by atoms with Crippen molar-refractivity contribution < 1.29 is 28.9 Å². The zero-order chi connectivity index (χ0) is 31.9. The SMILES string of the molecule is CCOc1cc(C2/C(=C(\O)c3ccc4c(c3)CC(C)O4)C(=O)C(=O)N2c2nc3ccc(C)cc3s2)ccc1OCc1ccccc1. The summed E-state index contributed by atoms with van der Waals surface area (Å²) in [5.74, 6) is -0.0706. The van der Waals surface area contributed by atoms with E-state index >= 15 is 0 Å². The molecule has 1 aromatic heterocycles. The summed E-state index contributed by atoms with van der Waals surface area (Å²) in [6.45, 7) is 6.56. The van der Waals surface area contributed by atoms with Crippen LogP contribution in [0.5, 0.6) is 17.2 Å². The van der Waals surface area contributed by atoms with E-state index in [1.807, 2.05) is 75.4 Å². The quantitative estimate of drug-likeness (QED) is 0.107. The van der Waals surface area contributed by atoms with Gasteiger partial charge in [0.15, 0.2) is 16.6 Å². The summed E-state index contributed by atoms with van der Waals surface area (Å²) in [5, 5.41) is 12.1. The van der Waals surface area contributed by atoms with Crippen LogP contribution in [-0.4, -0.2) is 34.5 Å². The molecule has 5 aromatic rings. The molecule has 1 amide bonds. The van der Waals surface area contributed by atoms with Gasteiger partial charge in [-0.2, -0.15) is 0 Å². The van der Waals surface area contributed by atoms with Crippen LogP contribution in [0.4, 0.5) is 5.13 Å². The Hall–Kier alpha value is -5.15. The van der Waals surface area contributed by atoms with Crippen molar-refractivity contribution in [3.8, 4) is 17.2 Å². The summed E-state index contributed by atoms with van der Waals surface area (Å²) >= 11 is 1.33. The molecule has 0 spiro atoms. The van der Waals surface area contributed by atoms with Crippen LogP contribution in [0.25, 0.3) is 16.0 Å². The number of aryl methyl sites for hydroxylation is 1. The molecule has 46 heavy (non-hydrogen) atoms. The number of aliphatic hydroxyl groups excluding tert-OH is 1. The Morgan fingerprint density at radius 2 is 1.83 bits per heavy atom. The lowest BCUT2D eigenvalue weighted by atomic mass is 9.94. The van der Waals surface area contributed by atoms with E-state index in [1.165, 1.54) is 16.2 Å².